The van der Waals surface area contributed by atoms with E-state index in [1.54, 1.807) is 0 Å². The third kappa shape index (κ3) is 4.96. The second kappa shape index (κ2) is 11.2. The number of nitrogens with zero attached hydrogens (tertiary/aromatic N) is 4. The Bertz CT molecular complexity index is 1340. The summed E-state index contributed by atoms with van der Waals surface area (Å²) in [6.45, 7) is 0.543. The molecule has 11 heteroatoms. The van der Waals surface area contributed by atoms with Crippen molar-refractivity contribution in [3.05, 3.63) is 83.9 Å². The van der Waals surface area contributed by atoms with Gasteiger partial charge in [-0.3, -0.25) is 4.57 Å². The highest BCUT2D eigenvalue weighted by atomic mass is 16.6. The summed E-state index contributed by atoms with van der Waals surface area (Å²) in [6, 6.07) is 20.1. The predicted octanol–water partition coefficient (Wildman–Crippen LogP) is 2.12. The maximum atomic E-state index is 12.5. The maximum Gasteiger partial charge on any atom is 0.376 e. The van der Waals surface area contributed by atoms with Crippen LogP contribution in [0.2, 0.25) is 0 Å². The number of nitrogens with one attached hydrogen (secondary N) is 1. The lowest BCUT2D eigenvalue weighted by atomic mass is 9.91. The topological polar surface area (TPSA) is 141 Å². The van der Waals surface area contributed by atoms with Crippen LogP contribution in [-0.4, -0.2) is 81.4 Å². The number of hydrogen-bond donors (Lipinski definition) is 3. The number of imidazole rings is 1. The number of aliphatic hydroxyl groups excluding tert-OH is 2. The number of aliphatic hydroxyl groups is 2. The van der Waals surface area contributed by atoms with Gasteiger partial charge < -0.3 is 29.7 Å². The zero-order valence-electron chi connectivity index (χ0n) is 21.0. The zero-order valence-corrected chi connectivity index (χ0v) is 21.0. The van der Waals surface area contributed by atoms with E-state index >= 15 is 0 Å². The van der Waals surface area contributed by atoms with E-state index in [2.05, 4.69) is 44.5 Å². The van der Waals surface area contributed by atoms with Gasteiger partial charge >= 0.3 is 5.97 Å². The Kier molecular flexibility index (Phi) is 7.61. The molecular formula is C27H29N5O6. The molecule has 1 saturated heterocycles. The number of carbonyl (C=O) groups is 1. The van der Waals surface area contributed by atoms with Crippen molar-refractivity contribution in [2.45, 2.75) is 30.5 Å². The monoisotopic (exact) mass is 519 g/mol. The van der Waals surface area contributed by atoms with Crippen LogP contribution in [0.25, 0.3) is 11.2 Å². The molecule has 4 aromatic rings. The highest BCUT2D eigenvalue weighted by molar-refractivity contribution is 5.91. The van der Waals surface area contributed by atoms with Crippen LogP contribution in [0.4, 0.5) is 5.82 Å². The van der Waals surface area contributed by atoms with Gasteiger partial charge in [0.1, 0.15) is 18.3 Å². The van der Waals surface area contributed by atoms with Crippen LogP contribution in [0.1, 0.15) is 33.9 Å². The Morgan fingerprint density at radius 3 is 2.29 bits per heavy atom. The van der Waals surface area contributed by atoms with Crippen LogP contribution in [0, 0.1) is 0 Å². The lowest BCUT2D eigenvalue weighted by Crippen LogP contribution is -2.33. The Balaban J connectivity index is 1.52. The average molecular weight is 520 g/mol. The van der Waals surface area contributed by atoms with Crippen molar-refractivity contribution in [1.82, 2.24) is 19.5 Å². The van der Waals surface area contributed by atoms with Crippen molar-refractivity contribution >= 4 is 23.0 Å². The number of ether oxygens (including phenoxy) is 3. The molecule has 3 heterocycles. The number of carbonyl (C=O) groups excluding carboxylic acids is 1. The summed E-state index contributed by atoms with van der Waals surface area (Å²) in [6.07, 6.45) is -2.73. The minimum absolute atomic E-state index is 0.0176. The zero-order chi connectivity index (χ0) is 26.6. The molecule has 0 radical (unpaired) electrons. The molecule has 0 bridgehead atoms. The normalized spacial score (nSPS) is 21.2. The quantitative estimate of drug-likeness (QED) is 0.282. The van der Waals surface area contributed by atoms with E-state index in [-0.39, 0.29) is 24.0 Å². The van der Waals surface area contributed by atoms with Crippen LogP contribution in [0.3, 0.4) is 0 Å². The smallest absolute Gasteiger partial charge is 0.376 e. The fraction of sp³-hybridized carbons (Fsp3) is 0.333. The molecule has 3 N–H and O–H groups in total. The second-order valence-corrected chi connectivity index (χ2v) is 8.97. The molecule has 11 nitrogen and oxygen atoms in total. The number of anilines is 1. The van der Waals surface area contributed by atoms with E-state index in [9.17, 15) is 15.0 Å². The summed E-state index contributed by atoms with van der Waals surface area (Å²) in [5.74, 6) is -0.597. The van der Waals surface area contributed by atoms with Crippen molar-refractivity contribution in [3.63, 3.8) is 0 Å². The first-order valence-electron chi connectivity index (χ1n) is 12.2. The van der Waals surface area contributed by atoms with Gasteiger partial charge in [-0.1, -0.05) is 60.7 Å². The largest absolute Gasteiger partial charge is 0.463 e. The van der Waals surface area contributed by atoms with Gasteiger partial charge in [0.25, 0.3) is 0 Å². The minimum atomic E-state index is -1.26. The SMILES string of the molecule is COCC1OC(n2cnc3c(NCC(c4ccccc4)c4ccccc4)nc(C(=O)OC)nc32)C(O)C1O. The molecule has 4 unspecified atom stereocenters. The van der Waals surface area contributed by atoms with Crippen molar-refractivity contribution < 1.29 is 29.2 Å². The average Bonchev–Trinajstić information content (AvgIpc) is 3.50. The highest BCUT2D eigenvalue weighted by Crippen LogP contribution is 2.33. The Labute approximate surface area is 219 Å². The summed E-state index contributed by atoms with van der Waals surface area (Å²) in [5, 5.41) is 24.4. The summed E-state index contributed by atoms with van der Waals surface area (Å²) in [4.78, 5) is 25.7. The fourth-order valence-electron chi connectivity index (χ4n) is 4.67. The number of aromatic nitrogens is 4. The van der Waals surface area contributed by atoms with E-state index in [0.717, 1.165) is 11.1 Å². The highest BCUT2D eigenvalue weighted by Gasteiger charge is 2.44. The summed E-state index contributed by atoms with van der Waals surface area (Å²) < 4.78 is 17.3. The Morgan fingerprint density at radius 1 is 1.03 bits per heavy atom. The summed E-state index contributed by atoms with van der Waals surface area (Å²) in [5.41, 5.74) is 2.83. The van der Waals surface area contributed by atoms with Crippen LogP contribution >= 0.6 is 0 Å². The third-order valence-electron chi connectivity index (χ3n) is 6.61. The first kappa shape index (κ1) is 25.7. The fourth-order valence-corrected chi connectivity index (χ4v) is 4.67. The number of hydrogen-bond acceptors (Lipinski definition) is 10. The van der Waals surface area contributed by atoms with Crippen LogP contribution in [-0.2, 0) is 14.2 Å². The molecule has 0 spiro atoms. The molecule has 38 heavy (non-hydrogen) atoms. The van der Waals surface area contributed by atoms with Crippen molar-refractivity contribution in [3.8, 4) is 0 Å². The van der Waals surface area contributed by atoms with E-state index in [4.69, 9.17) is 14.2 Å². The van der Waals surface area contributed by atoms with Crippen molar-refractivity contribution in [1.29, 1.82) is 0 Å². The van der Waals surface area contributed by atoms with Crippen molar-refractivity contribution in [2.75, 3.05) is 32.7 Å². The van der Waals surface area contributed by atoms with Gasteiger partial charge in [-0.05, 0) is 11.1 Å². The Morgan fingerprint density at radius 2 is 1.68 bits per heavy atom. The van der Waals surface area contributed by atoms with Crippen LogP contribution < -0.4 is 5.32 Å². The standard InChI is InChI=1S/C27H29N5O6/c1-36-14-19-21(33)22(34)26(38-19)32-15-29-20-23(30-24(27(35)37-2)31-25(20)32)28-13-18(16-9-5-3-6-10-16)17-11-7-4-8-12-17/h3-12,15,18-19,21-22,26,33-34H,13-14H2,1-2H3,(H,28,30,31). The van der Waals surface area contributed by atoms with Gasteiger partial charge in [0, 0.05) is 19.6 Å². The van der Waals surface area contributed by atoms with Gasteiger partial charge in [-0.25, -0.2) is 19.7 Å². The van der Waals surface area contributed by atoms with Gasteiger partial charge in [0.05, 0.1) is 20.0 Å². The number of benzene rings is 2. The first-order valence-corrected chi connectivity index (χ1v) is 12.2. The van der Waals surface area contributed by atoms with E-state index < -0.39 is 30.5 Å². The second-order valence-electron chi connectivity index (χ2n) is 8.97. The molecule has 1 fully saturated rings. The van der Waals surface area contributed by atoms with Gasteiger partial charge in [0.15, 0.2) is 23.2 Å². The number of fused-ring (bicyclic) bond motifs is 1. The Hall–Kier alpha value is -3.90. The van der Waals surface area contributed by atoms with Gasteiger partial charge in [0.2, 0.25) is 5.82 Å². The molecule has 198 valence electrons. The maximum absolute atomic E-state index is 12.5. The predicted molar refractivity (Wildman–Crippen MR) is 138 cm³/mol. The minimum Gasteiger partial charge on any atom is -0.463 e. The number of rotatable bonds is 9. The molecule has 4 atom stereocenters. The molecule has 1 aliphatic heterocycles. The van der Waals surface area contributed by atoms with E-state index in [0.29, 0.717) is 17.9 Å². The summed E-state index contributed by atoms with van der Waals surface area (Å²) in [7, 11) is 2.73. The van der Waals surface area contributed by atoms with Crippen molar-refractivity contribution in [2.24, 2.45) is 0 Å². The van der Waals surface area contributed by atoms with E-state index in [1.165, 1.54) is 25.1 Å². The molecule has 1 aliphatic rings. The third-order valence-corrected chi connectivity index (χ3v) is 6.61. The lowest BCUT2D eigenvalue weighted by Gasteiger charge is -2.20. The van der Waals surface area contributed by atoms with E-state index in [1.807, 2.05) is 36.4 Å². The molecule has 2 aromatic heterocycles. The molecule has 5 rings (SSSR count). The first-order chi connectivity index (χ1) is 18.5. The lowest BCUT2D eigenvalue weighted by molar-refractivity contribution is -0.0580. The molecular weight excluding hydrogens is 490 g/mol. The molecule has 0 aliphatic carbocycles. The van der Waals surface area contributed by atoms with Crippen LogP contribution in [0.15, 0.2) is 67.0 Å². The summed E-state index contributed by atoms with van der Waals surface area (Å²) >= 11 is 0. The molecule has 0 amide bonds. The van der Waals surface area contributed by atoms with Crippen LogP contribution in [0.5, 0.6) is 0 Å². The van der Waals surface area contributed by atoms with Gasteiger partial charge in [-0.15, -0.1) is 0 Å². The number of methoxy groups -OCH3 is 2. The molecule has 2 aromatic carbocycles. The van der Waals surface area contributed by atoms with Gasteiger partial charge in [-0.2, -0.15) is 0 Å². The number of esters is 1. The molecule has 0 saturated carbocycles.